The molecule has 0 atom stereocenters. The molecular weight excluding hydrogens is 198 g/mol. The number of aromatic nitrogens is 1. The van der Waals surface area contributed by atoms with Crippen molar-refractivity contribution in [3.05, 3.63) is 59.9 Å². The molecule has 1 N–H and O–H groups in total. The van der Waals surface area contributed by atoms with Gasteiger partial charge in [-0.3, -0.25) is 4.98 Å². The molecule has 0 aliphatic heterocycles. The third kappa shape index (κ3) is 2.37. The Kier molecular flexibility index (Phi) is 3.15. The molecule has 0 radical (unpaired) electrons. The van der Waals surface area contributed by atoms with Gasteiger partial charge < -0.3 is 5.32 Å². The molecule has 0 aliphatic rings. The van der Waals surface area contributed by atoms with Crippen LogP contribution in [0.5, 0.6) is 0 Å². The summed E-state index contributed by atoms with van der Waals surface area (Å²) in [6.07, 6.45) is 3.29. The van der Waals surface area contributed by atoms with Gasteiger partial charge in [0.05, 0.1) is 17.4 Å². The van der Waals surface area contributed by atoms with Gasteiger partial charge in [-0.15, -0.1) is 0 Å². The van der Waals surface area contributed by atoms with Crippen LogP contribution < -0.4 is 5.32 Å². The molecule has 0 fully saturated rings. The molecule has 1 aromatic carbocycles. The first-order chi connectivity index (χ1) is 7.90. The van der Waals surface area contributed by atoms with Crippen LogP contribution >= 0.6 is 0 Å². The third-order valence-corrected chi connectivity index (χ3v) is 2.27. The van der Waals surface area contributed by atoms with Crippen molar-refractivity contribution < 1.29 is 0 Å². The lowest BCUT2D eigenvalue weighted by Crippen LogP contribution is -2.01. The summed E-state index contributed by atoms with van der Waals surface area (Å²) in [5.74, 6) is 0. The summed E-state index contributed by atoms with van der Waals surface area (Å²) >= 11 is 0. The summed E-state index contributed by atoms with van der Waals surface area (Å²) in [5, 5.41) is 12.1. The van der Waals surface area contributed by atoms with Crippen molar-refractivity contribution in [3.8, 4) is 6.07 Å². The summed E-state index contributed by atoms with van der Waals surface area (Å²) in [6, 6.07) is 13.9. The van der Waals surface area contributed by atoms with E-state index in [0.717, 1.165) is 5.69 Å². The molecule has 1 heterocycles. The first kappa shape index (κ1) is 10.2. The minimum absolute atomic E-state index is 0.617. The predicted molar refractivity (Wildman–Crippen MR) is 62.7 cm³/mol. The Hall–Kier alpha value is -2.34. The molecule has 0 amide bonds. The van der Waals surface area contributed by atoms with Crippen LogP contribution in [0.25, 0.3) is 0 Å². The Morgan fingerprint density at radius 1 is 1.19 bits per heavy atom. The Morgan fingerprint density at radius 2 is 2.00 bits per heavy atom. The Bertz CT molecular complexity index is 500. The summed E-state index contributed by atoms with van der Waals surface area (Å²) < 4.78 is 0. The van der Waals surface area contributed by atoms with Crippen LogP contribution in [0.15, 0.2) is 48.8 Å². The lowest BCUT2D eigenvalue weighted by Gasteiger charge is -2.06. The van der Waals surface area contributed by atoms with E-state index in [1.54, 1.807) is 18.5 Å². The lowest BCUT2D eigenvalue weighted by atomic mass is 10.2. The van der Waals surface area contributed by atoms with Crippen LogP contribution in [0.1, 0.15) is 11.1 Å². The molecule has 0 spiro atoms. The fraction of sp³-hybridized carbons (Fsp3) is 0.0769. The van der Waals surface area contributed by atoms with Crippen molar-refractivity contribution in [1.82, 2.24) is 4.98 Å². The molecule has 0 bridgehead atoms. The van der Waals surface area contributed by atoms with Gasteiger partial charge in [-0.25, -0.2) is 0 Å². The van der Waals surface area contributed by atoms with Crippen LogP contribution in [0, 0.1) is 11.3 Å². The van der Waals surface area contributed by atoms with E-state index >= 15 is 0 Å². The van der Waals surface area contributed by atoms with Crippen LogP contribution in [0.3, 0.4) is 0 Å². The van der Waals surface area contributed by atoms with Gasteiger partial charge in [0.1, 0.15) is 6.07 Å². The van der Waals surface area contributed by atoms with E-state index in [1.165, 1.54) is 5.56 Å². The maximum absolute atomic E-state index is 8.90. The minimum Gasteiger partial charge on any atom is -0.379 e. The Labute approximate surface area is 94.4 Å². The molecular formula is C13H11N3. The summed E-state index contributed by atoms with van der Waals surface area (Å²) in [5.41, 5.74) is 2.56. The molecule has 2 aromatic rings. The number of benzene rings is 1. The number of hydrogen-bond donors (Lipinski definition) is 1. The Balaban J connectivity index is 2.09. The quantitative estimate of drug-likeness (QED) is 0.845. The molecule has 3 nitrogen and oxygen atoms in total. The van der Waals surface area contributed by atoms with Gasteiger partial charge in [-0.1, -0.05) is 30.3 Å². The zero-order valence-corrected chi connectivity index (χ0v) is 8.72. The van der Waals surface area contributed by atoms with E-state index < -0.39 is 0 Å². The number of nitriles is 1. The van der Waals surface area contributed by atoms with E-state index in [0.29, 0.717) is 12.1 Å². The molecule has 3 heteroatoms. The second kappa shape index (κ2) is 4.94. The zero-order valence-electron chi connectivity index (χ0n) is 8.72. The van der Waals surface area contributed by atoms with E-state index in [-0.39, 0.29) is 0 Å². The molecule has 1 aromatic heterocycles. The van der Waals surface area contributed by atoms with Gasteiger partial charge in [-0.05, 0) is 11.6 Å². The maximum Gasteiger partial charge on any atom is 0.101 e. The normalized spacial score (nSPS) is 9.44. The average molecular weight is 209 g/mol. The summed E-state index contributed by atoms with van der Waals surface area (Å²) in [6.45, 7) is 0.696. The van der Waals surface area contributed by atoms with Crippen molar-refractivity contribution >= 4 is 5.69 Å². The number of rotatable bonds is 3. The highest BCUT2D eigenvalue weighted by Crippen LogP contribution is 2.13. The topological polar surface area (TPSA) is 48.7 Å². The molecule has 0 saturated carbocycles. The fourth-order valence-corrected chi connectivity index (χ4v) is 1.43. The van der Waals surface area contributed by atoms with E-state index in [1.807, 2.05) is 30.3 Å². The second-order valence-corrected chi connectivity index (χ2v) is 3.37. The predicted octanol–water partition coefficient (Wildman–Crippen LogP) is 2.57. The van der Waals surface area contributed by atoms with Crippen molar-refractivity contribution in [3.63, 3.8) is 0 Å². The standard InChI is InChI=1S/C13H11N3/c14-8-12-6-7-15-10-13(12)16-9-11-4-2-1-3-5-11/h1-7,10,16H,9H2. The van der Waals surface area contributed by atoms with Crippen LogP contribution in [0.4, 0.5) is 5.69 Å². The molecule has 16 heavy (non-hydrogen) atoms. The van der Waals surface area contributed by atoms with Gasteiger partial charge in [0, 0.05) is 12.7 Å². The smallest absolute Gasteiger partial charge is 0.101 e. The minimum atomic E-state index is 0.617. The van der Waals surface area contributed by atoms with Crippen LogP contribution in [0.2, 0.25) is 0 Å². The summed E-state index contributed by atoms with van der Waals surface area (Å²) in [4.78, 5) is 3.99. The monoisotopic (exact) mass is 209 g/mol. The zero-order chi connectivity index (χ0) is 11.2. The van der Waals surface area contributed by atoms with Crippen LogP contribution in [-0.4, -0.2) is 4.98 Å². The van der Waals surface area contributed by atoms with E-state index in [4.69, 9.17) is 5.26 Å². The van der Waals surface area contributed by atoms with E-state index in [2.05, 4.69) is 16.4 Å². The molecule has 78 valence electrons. The highest BCUT2D eigenvalue weighted by molar-refractivity contribution is 5.55. The Morgan fingerprint density at radius 3 is 2.75 bits per heavy atom. The number of nitrogens with zero attached hydrogens (tertiary/aromatic N) is 2. The van der Waals surface area contributed by atoms with Crippen molar-refractivity contribution in [2.75, 3.05) is 5.32 Å². The molecule has 2 rings (SSSR count). The van der Waals surface area contributed by atoms with Gasteiger partial charge in [-0.2, -0.15) is 5.26 Å². The highest BCUT2D eigenvalue weighted by Gasteiger charge is 2.00. The number of anilines is 1. The molecule has 0 unspecified atom stereocenters. The molecule has 0 saturated heterocycles. The van der Waals surface area contributed by atoms with Crippen LogP contribution in [-0.2, 0) is 6.54 Å². The lowest BCUT2D eigenvalue weighted by molar-refractivity contribution is 1.13. The number of nitrogens with one attached hydrogen (secondary N) is 1. The molecule has 0 aliphatic carbocycles. The number of hydrogen-bond acceptors (Lipinski definition) is 3. The van der Waals surface area contributed by atoms with E-state index in [9.17, 15) is 0 Å². The van der Waals surface area contributed by atoms with Gasteiger partial charge in [0.2, 0.25) is 0 Å². The van der Waals surface area contributed by atoms with Crippen molar-refractivity contribution in [2.24, 2.45) is 0 Å². The second-order valence-electron chi connectivity index (χ2n) is 3.37. The fourth-order valence-electron chi connectivity index (χ4n) is 1.43. The van der Waals surface area contributed by atoms with Crippen molar-refractivity contribution in [2.45, 2.75) is 6.54 Å². The summed E-state index contributed by atoms with van der Waals surface area (Å²) in [7, 11) is 0. The first-order valence-electron chi connectivity index (χ1n) is 5.02. The SMILES string of the molecule is N#Cc1ccncc1NCc1ccccc1. The maximum atomic E-state index is 8.90. The van der Waals surface area contributed by atoms with Gasteiger partial charge in [0.25, 0.3) is 0 Å². The van der Waals surface area contributed by atoms with Gasteiger partial charge in [0.15, 0.2) is 0 Å². The third-order valence-electron chi connectivity index (χ3n) is 2.27. The first-order valence-corrected chi connectivity index (χ1v) is 5.02. The van der Waals surface area contributed by atoms with Gasteiger partial charge >= 0.3 is 0 Å². The largest absolute Gasteiger partial charge is 0.379 e. The van der Waals surface area contributed by atoms with Crippen molar-refractivity contribution in [1.29, 1.82) is 5.26 Å². The highest BCUT2D eigenvalue weighted by atomic mass is 14.9. The average Bonchev–Trinajstić information content (AvgIpc) is 2.38. The number of pyridine rings is 1.